The first-order valence-corrected chi connectivity index (χ1v) is 5.01. The predicted octanol–water partition coefficient (Wildman–Crippen LogP) is 0.539. The monoisotopic (exact) mass is 193 g/mol. The molecular weight excluding hydrogens is 178 g/mol. The molecule has 2 heterocycles. The van der Waals surface area contributed by atoms with Crippen LogP contribution in [0.1, 0.15) is 36.6 Å². The molecule has 1 aliphatic rings. The van der Waals surface area contributed by atoms with E-state index in [1.54, 1.807) is 0 Å². The first kappa shape index (κ1) is 9.40. The van der Waals surface area contributed by atoms with Gasteiger partial charge in [-0.3, -0.25) is 4.79 Å². The highest BCUT2D eigenvalue weighted by molar-refractivity contribution is 5.31. The van der Waals surface area contributed by atoms with Gasteiger partial charge >= 0.3 is 0 Å². The Bertz CT molecular complexity index is 395. The molecule has 1 aliphatic heterocycles. The van der Waals surface area contributed by atoms with Crippen LogP contribution in [0.15, 0.2) is 4.79 Å². The molecule has 4 heteroatoms. The van der Waals surface area contributed by atoms with Crippen LogP contribution in [0.4, 0.5) is 0 Å². The van der Waals surface area contributed by atoms with E-state index in [0.717, 1.165) is 29.8 Å². The van der Waals surface area contributed by atoms with Crippen molar-refractivity contribution in [3.8, 4) is 0 Å². The average molecular weight is 193 g/mol. The van der Waals surface area contributed by atoms with Crippen molar-refractivity contribution in [2.45, 2.75) is 32.7 Å². The van der Waals surface area contributed by atoms with Crippen LogP contribution in [0.5, 0.6) is 0 Å². The number of fused-ring (bicyclic) bond motifs is 1. The van der Waals surface area contributed by atoms with Gasteiger partial charge in [0, 0.05) is 12.1 Å². The Morgan fingerprint density at radius 1 is 1.36 bits per heavy atom. The number of hydrogen-bond donors (Lipinski definition) is 2. The van der Waals surface area contributed by atoms with Crippen molar-refractivity contribution >= 4 is 0 Å². The fourth-order valence-electron chi connectivity index (χ4n) is 1.91. The Morgan fingerprint density at radius 3 is 2.86 bits per heavy atom. The van der Waals surface area contributed by atoms with Crippen LogP contribution in [0.2, 0.25) is 0 Å². The summed E-state index contributed by atoms with van der Waals surface area (Å²) in [5.41, 5.74) is 3.02. The molecule has 0 radical (unpaired) electrons. The molecule has 0 fully saturated rings. The van der Waals surface area contributed by atoms with E-state index in [4.69, 9.17) is 0 Å². The summed E-state index contributed by atoms with van der Waals surface area (Å²) in [7, 11) is 0. The van der Waals surface area contributed by atoms with Crippen LogP contribution in [0.3, 0.4) is 0 Å². The summed E-state index contributed by atoms with van der Waals surface area (Å²) < 4.78 is 0. The highest BCUT2D eigenvalue weighted by Crippen LogP contribution is 2.19. The molecule has 1 aromatic heterocycles. The first-order valence-electron chi connectivity index (χ1n) is 5.01. The zero-order valence-electron chi connectivity index (χ0n) is 8.55. The van der Waals surface area contributed by atoms with Crippen LogP contribution in [0.25, 0.3) is 0 Å². The van der Waals surface area contributed by atoms with Crippen molar-refractivity contribution in [1.29, 1.82) is 0 Å². The maximum Gasteiger partial charge on any atom is 0.268 e. The minimum Gasteiger partial charge on any atom is -0.312 e. The maximum absolute atomic E-state index is 11.5. The summed E-state index contributed by atoms with van der Waals surface area (Å²) in [5, 5.41) is 9.89. The van der Waals surface area contributed by atoms with Gasteiger partial charge in [-0.05, 0) is 24.4 Å². The third kappa shape index (κ3) is 1.46. The summed E-state index contributed by atoms with van der Waals surface area (Å²) in [6, 6.07) is 0. The van der Waals surface area contributed by atoms with Crippen LogP contribution in [-0.2, 0) is 13.0 Å². The molecule has 2 rings (SSSR count). The van der Waals surface area contributed by atoms with Crippen molar-refractivity contribution < 1.29 is 0 Å². The van der Waals surface area contributed by atoms with Crippen molar-refractivity contribution in [2.24, 2.45) is 0 Å². The molecule has 0 saturated heterocycles. The molecular formula is C10H15N3O. The lowest BCUT2D eigenvalue weighted by Crippen LogP contribution is -2.32. The molecule has 1 aromatic rings. The second-order valence-electron chi connectivity index (χ2n) is 3.98. The van der Waals surface area contributed by atoms with Gasteiger partial charge in [-0.15, -0.1) is 0 Å². The van der Waals surface area contributed by atoms with E-state index in [-0.39, 0.29) is 5.56 Å². The number of hydrogen-bond acceptors (Lipinski definition) is 3. The fraction of sp³-hybridized carbons (Fsp3) is 0.600. The van der Waals surface area contributed by atoms with E-state index in [1.807, 2.05) is 0 Å². The summed E-state index contributed by atoms with van der Waals surface area (Å²) in [6.07, 6.45) is 0.916. The van der Waals surface area contributed by atoms with Crippen molar-refractivity contribution in [3.05, 3.63) is 27.2 Å². The van der Waals surface area contributed by atoms with Gasteiger partial charge in [0.05, 0.1) is 5.69 Å². The average Bonchev–Trinajstić information content (AvgIpc) is 2.18. The molecule has 76 valence electrons. The molecule has 0 amide bonds. The topological polar surface area (TPSA) is 57.8 Å². The third-order valence-corrected chi connectivity index (χ3v) is 2.63. The molecule has 0 spiro atoms. The van der Waals surface area contributed by atoms with Crippen LogP contribution >= 0.6 is 0 Å². The highest BCUT2D eigenvalue weighted by Gasteiger charge is 2.18. The van der Waals surface area contributed by atoms with E-state index in [2.05, 4.69) is 29.4 Å². The molecule has 0 unspecified atom stereocenters. The third-order valence-electron chi connectivity index (χ3n) is 2.63. The van der Waals surface area contributed by atoms with E-state index < -0.39 is 0 Å². The number of nitrogens with zero attached hydrogens (tertiary/aromatic N) is 1. The van der Waals surface area contributed by atoms with Gasteiger partial charge in [0.1, 0.15) is 0 Å². The summed E-state index contributed by atoms with van der Waals surface area (Å²) >= 11 is 0. The van der Waals surface area contributed by atoms with E-state index in [9.17, 15) is 4.79 Å². The van der Waals surface area contributed by atoms with Gasteiger partial charge in [-0.1, -0.05) is 13.8 Å². The summed E-state index contributed by atoms with van der Waals surface area (Å²) in [4.78, 5) is 11.5. The minimum absolute atomic E-state index is 0.0448. The molecule has 0 atom stereocenters. The van der Waals surface area contributed by atoms with E-state index in [0.29, 0.717) is 12.5 Å². The SMILES string of the molecule is CC(C)c1n[nH]c(=O)c2c1CCNC2. The van der Waals surface area contributed by atoms with Gasteiger partial charge in [0.2, 0.25) is 0 Å². The Morgan fingerprint density at radius 2 is 2.14 bits per heavy atom. The quantitative estimate of drug-likeness (QED) is 0.684. The second-order valence-corrected chi connectivity index (χ2v) is 3.98. The first-order chi connectivity index (χ1) is 6.70. The van der Waals surface area contributed by atoms with Gasteiger partial charge in [0.25, 0.3) is 5.56 Å². The Hall–Kier alpha value is -1.16. The van der Waals surface area contributed by atoms with Crippen LogP contribution in [-0.4, -0.2) is 16.7 Å². The normalized spacial score (nSPS) is 15.6. The van der Waals surface area contributed by atoms with Gasteiger partial charge in [-0.2, -0.15) is 5.10 Å². The van der Waals surface area contributed by atoms with Gasteiger partial charge < -0.3 is 5.32 Å². The maximum atomic E-state index is 11.5. The Kier molecular flexibility index (Phi) is 2.37. The highest BCUT2D eigenvalue weighted by atomic mass is 16.1. The van der Waals surface area contributed by atoms with Gasteiger partial charge in [-0.25, -0.2) is 5.10 Å². The van der Waals surface area contributed by atoms with E-state index >= 15 is 0 Å². The number of H-pyrrole nitrogens is 1. The van der Waals surface area contributed by atoms with Crippen molar-refractivity contribution in [2.75, 3.05) is 6.54 Å². The molecule has 0 aromatic carbocycles. The van der Waals surface area contributed by atoms with E-state index in [1.165, 1.54) is 0 Å². The second kappa shape index (κ2) is 3.53. The van der Waals surface area contributed by atoms with Crippen molar-refractivity contribution in [3.63, 3.8) is 0 Å². The zero-order valence-corrected chi connectivity index (χ0v) is 8.55. The summed E-state index contributed by atoms with van der Waals surface area (Å²) in [5.74, 6) is 0.374. The smallest absolute Gasteiger partial charge is 0.268 e. The lowest BCUT2D eigenvalue weighted by atomic mass is 9.96. The van der Waals surface area contributed by atoms with Crippen LogP contribution < -0.4 is 10.9 Å². The molecule has 4 nitrogen and oxygen atoms in total. The number of aromatic amines is 1. The summed E-state index contributed by atoms with van der Waals surface area (Å²) in [6.45, 7) is 5.82. The number of nitrogens with one attached hydrogen (secondary N) is 2. The molecule has 0 bridgehead atoms. The Labute approximate surface area is 82.7 Å². The number of rotatable bonds is 1. The lowest BCUT2D eigenvalue weighted by Gasteiger charge is -2.19. The molecule has 0 aliphatic carbocycles. The Balaban J connectivity index is 2.59. The number of aromatic nitrogens is 2. The van der Waals surface area contributed by atoms with Gasteiger partial charge in [0.15, 0.2) is 0 Å². The minimum atomic E-state index is -0.0448. The predicted molar refractivity (Wildman–Crippen MR) is 54.4 cm³/mol. The zero-order chi connectivity index (χ0) is 10.1. The molecule has 14 heavy (non-hydrogen) atoms. The molecule has 0 saturated carbocycles. The van der Waals surface area contributed by atoms with Crippen LogP contribution in [0, 0.1) is 0 Å². The lowest BCUT2D eigenvalue weighted by molar-refractivity contribution is 0.609. The standard InChI is InChI=1S/C10H15N3O/c1-6(2)9-7-3-4-11-5-8(7)10(14)13-12-9/h6,11H,3-5H2,1-2H3,(H,13,14). The fourth-order valence-corrected chi connectivity index (χ4v) is 1.91. The molecule has 2 N–H and O–H groups in total. The largest absolute Gasteiger partial charge is 0.312 e. The van der Waals surface area contributed by atoms with Crippen molar-refractivity contribution in [1.82, 2.24) is 15.5 Å².